The van der Waals surface area contributed by atoms with Gasteiger partial charge in [0, 0.05) is 0 Å². The molecule has 19 heavy (non-hydrogen) atoms. The highest BCUT2D eigenvalue weighted by atomic mass is 16.5. The summed E-state index contributed by atoms with van der Waals surface area (Å²) >= 11 is 0. The fourth-order valence-corrected chi connectivity index (χ4v) is 2.56. The van der Waals surface area contributed by atoms with Crippen molar-refractivity contribution >= 4 is 11.7 Å². The van der Waals surface area contributed by atoms with E-state index in [4.69, 9.17) is 10.5 Å². The number of fused-ring (bicyclic) bond motifs is 3. The summed E-state index contributed by atoms with van der Waals surface area (Å²) in [6, 6.07) is 11.5. The van der Waals surface area contributed by atoms with Gasteiger partial charge in [0.15, 0.2) is 0 Å². The summed E-state index contributed by atoms with van der Waals surface area (Å²) in [5, 5.41) is 2.60. The highest BCUT2D eigenvalue weighted by Gasteiger charge is 2.20. The van der Waals surface area contributed by atoms with E-state index in [0.29, 0.717) is 11.4 Å². The van der Waals surface area contributed by atoms with Gasteiger partial charge in [0.25, 0.3) is 0 Å². The average molecular weight is 254 g/mol. The van der Waals surface area contributed by atoms with E-state index in [1.54, 1.807) is 7.11 Å². The number of urea groups is 1. The minimum Gasteiger partial charge on any atom is -0.495 e. The maximum absolute atomic E-state index is 11.0. The summed E-state index contributed by atoms with van der Waals surface area (Å²) in [5.41, 5.74) is 10.6. The lowest BCUT2D eigenvalue weighted by Gasteiger charge is -2.11. The van der Waals surface area contributed by atoms with Gasteiger partial charge < -0.3 is 15.8 Å². The first-order valence-electron chi connectivity index (χ1n) is 6.04. The quantitative estimate of drug-likeness (QED) is 0.738. The molecular weight excluding hydrogens is 240 g/mol. The van der Waals surface area contributed by atoms with Crippen molar-refractivity contribution in [3.63, 3.8) is 0 Å². The number of nitrogens with one attached hydrogen (secondary N) is 1. The van der Waals surface area contributed by atoms with Crippen LogP contribution in [0.25, 0.3) is 11.1 Å². The van der Waals surface area contributed by atoms with Crippen LogP contribution in [0.2, 0.25) is 0 Å². The van der Waals surface area contributed by atoms with Gasteiger partial charge in [-0.25, -0.2) is 4.79 Å². The Morgan fingerprint density at radius 1 is 1.21 bits per heavy atom. The van der Waals surface area contributed by atoms with Gasteiger partial charge in [0.05, 0.1) is 12.8 Å². The van der Waals surface area contributed by atoms with Gasteiger partial charge in [-0.05, 0) is 40.8 Å². The monoisotopic (exact) mass is 254 g/mol. The Balaban J connectivity index is 2.14. The van der Waals surface area contributed by atoms with Crippen LogP contribution in [0.15, 0.2) is 36.4 Å². The maximum atomic E-state index is 11.0. The van der Waals surface area contributed by atoms with Crippen LogP contribution >= 0.6 is 0 Å². The predicted octanol–water partition coefficient (Wildman–Crippen LogP) is 2.76. The minimum atomic E-state index is -0.593. The Hall–Kier alpha value is -2.49. The zero-order valence-corrected chi connectivity index (χ0v) is 10.6. The van der Waals surface area contributed by atoms with Crippen molar-refractivity contribution in [2.45, 2.75) is 6.42 Å². The fraction of sp³-hybridized carbons (Fsp3) is 0.133. The summed E-state index contributed by atoms with van der Waals surface area (Å²) in [5.74, 6) is 0.630. The van der Waals surface area contributed by atoms with Gasteiger partial charge in [-0.1, -0.05) is 24.3 Å². The largest absolute Gasteiger partial charge is 0.495 e. The number of nitrogens with two attached hydrogens (primary N) is 1. The molecule has 96 valence electrons. The standard InChI is InChI=1S/C15H14N2O2/c1-19-14-7-10-6-9-4-2-3-5-11(9)12(10)8-13(14)17-15(16)18/h2-5,7-8H,6H2,1H3,(H3,16,17,18). The molecule has 2 aromatic rings. The van der Waals surface area contributed by atoms with Gasteiger partial charge >= 0.3 is 6.03 Å². The van der Waals surface area contributed by atoms with Crippen molar-refractivity contribution in [3.8, 4) is 16.9 Å². The van der Waals surface area contributed by atoms with Crippen LogP contribution in [0.4, 0.5) is 10.5 Å². The Bertz CT molecular complexity index is 665. The number of carbonyl (C=O) groups is 1. The topological polar surface area (TPSA) is 64.3 Å². The molecule has 0 heterocycles. The molecule has 4 heteroatoms. The molecule has 3 rings (SSSR count). The zero-order valence-electron chi connectivity index (χ0n) is 10.6. The van der Waals surface area contributed by atoms with E-state index in [1.807, 2.05) is 24.3 Å². The smallest absolute Gasteiger partial charge is 0.316 e. The van der Waals surface area contributed by atoms with Crippen LogP contribution in [0, 0.1) is 0 Å². The average Bonchev–Trinajstić information content (AvgIpc) is 2.75. The van der Waals surface area contributed by atoms with Crippen LogP contribution in [-0.4, -0.2) is 13.1 Å². The van der Waals surface area contributed by atoms with Crippen molar-refractivity contribution in [1.29, 1.82) is 0 Å². The highest BCUT2D eigenvalue weighted by Crippen LogP contribution is 2.41. The number of methoxy groups -OCH3 is 1. The number of amides is 2. The van der Waals surface area contributed by atoms with E-state index in [-0.39, 0.29) is 0 Å². The molecular formula is C15H14N2O2. The summed E-state index contributed by atoms with van der Waals surface area (Å²) in [4.78, 5) is 11.0. The van der Waals surface area contributed by atoms with E-state index < -0.39 is 6.03 Å². The van der Waals surface area contributed by atoms with E-state index in [0.717, 1.165) is 12.0 Å². The van der Waals surface area contributed by atoms with E-state index in [1.165, 1.54) is 16.7 Å². The van der Waals surface area contributed by atoms with Gasteiger partial charge in [-0.3, -0.25) is 0 Å². The molecule has 0 atom stereocenters. The molecule has 3 N–H and O–H groups in total. The second-order valence-corrected chi connectivity index (χ2v) is 4.53. The van der Waals surface area contributed by atoms with E-state index >= 15 is 0 Å². The number of hydrogen-bond acceptors (Lipinski definition) is 2. The molecule has 4 nitrogen and oxygen atoms in total. The van der Waals surface area contributed by atoms with Gasteiger partial charge in [-0.2, -0.15) is 0 Å². The Labute approximate surface area is 111 Å². The minimum absolute atomic E-state index is 0.593. The molecule has 0 fully saturated rings. The van der Waals surface area contributed by atoms with Crippen molar-refractivity contribution < 1.29 is 9.53 Å². The Kier molecular flexibility index (Phi) is 2.63. The summed E-state index contributed by atoms with van der Waals surface area (Å²) < 4.78 is 5.30. The number of anilines is 1. The predicted molar refractivity (Wildman–Crippen MR) is 74.4 cm³/mol. The Morgan fingerprint density at radius 3 is 2.74 bits per heavy atom. The number of benzene rings is 2. The summed E-state index contributed by atoms with van der Waals surface area (Å²) in [7, 11) is 1.58. The van der Waals surface area contributed by atoms with Crippen molar-refractivity contribution in [2.75, 3.05) is 12.4 Å². The van der Waals surface area contributed by atoms with Crippen LogP contribution in [-0.2, 0) is 6.42 Å². The normalized spacial score (nSPS) is 11.6. The molecule has 0 aliphatic heterocycles. The van der Waals surface area contributed by atoms with Gasteiger partial charge in [0.1, 0.15) is 5.75 Å². The van der Waals surface area contributed by atoms with Crippen molar-refractivity contribution in [2.24, 2.45) is 5.73 Å². The van der Waals surface area contributed by atoms with Crippen LogP contribution in [0.5, 0.6) is 5.75 Å². The molecule has 0 radical (unpaired) electrons. The van der Waals surface area contributed by atoms with Crippen LogP contribution in [0.1, 0.15) is 11.1 Å². The SMILES string of the molecule is COc1cc2c(cc1NC(N)=O)-c1ccccc1C2. The second-order valence-electron chi connectivity index (χ2n) is 4.53. The number of hydrogen-bond donors (Lipinski definition) is 2. The molecule has 0 unspecified atom stereocenters. The molecule has 2 aromatic carbocycles. The van der Waals surface area contributed by atoms with Gasteiger partial charge in [0.2, 0.25) is 0 Å². The first-order chi connectivity index (χ1) is 9.19. The molecule has 0 saturated carbocycles. The molecule has 0 bridgehead atoms. The number of primary amides is 1. The van der Waals surface area contributed by atoms with Crippen LogP contribution in [0.3, 0.4) is 0 Å². The molecule has 1 aliphatic rings. The molecule has 0 spiro atoms. The third-order valence-electron chi connectivity index (χ3n) is 3.37. The second kappa shape index (κ2) is 4.31. The summed E-state index contributed by atoms with van der Waals surface area (Å²) in [6.07, 6.45) is 0.888. The van der Waals surface area contributed by atoms with Crippen molar-refractivity contribution in [1.82, 2.24) is 0 Å². The lowest BCUT2D eigenvalue weighted by Crippen LogP contribution is -2.19. The van der Waals surface area contributed by atoms with E-state index in [9.17, 15) is 4.79 Å². The maximum Gasteiger partial charge on any atom is 0.316 e. The third kappa shape index (κ3) is 1.91. The lowest BCUT2D eigenvalue weighted by molar-refractivity contribution is 0.259. The van der Waals surface area contributed by atoms with Crippen LogP contribution < -0.4 is 15.8 Å². The number of ether oxygens (including phenoxy) is 1. The van der Waals surface area contributed by atoms with Gasteiger partial charge in [-0.15, -0.1) is 0 Å². The fourth-order valence-electron chi connectivity index (χ4n) is 2.56. The molecule has 1 aliphatic carbocycles. The molecule has 0 aromatic heterocycles. The first kappa shape index (κ1) is 11.6. The zero-order chi connectivity index (χ0) is 13.4. The Morgan fingerprint density at radius 2 is 2.00 bits per heavy atom. The third-order valence-corrected chi connectivity index (χ3v) is 3.37. The summed E-state index contributed by atoms with van der Waals surface area (Å²) in [6.45, 7) is 0. The first-order valence-corrected chi connectivity index (χ1v) is 6.04. The number of rotatable bonds is 2. The number of carbonyl (C=O) groups excluding carboxylic acids is 1. The van der Waals surface area contributed by atoms with E-state index in [2.05, 4.69) is 17.4 Å². The van der Waals surface area contributed by atoms with Crippen molar-refractivity contribution in [3.05, 3.63) is 47.5 Å². The lowest BCUT2D eigenvalue weighted by atomic mass is 10.0. The molecule has 2 amide bonds. The molecule has 0 saturated heterocycles. The highest BCUT2D eigenvalue weighted by molar-refractivity contribution is 5.92.